The van der Waals surface area contributed by atoms with Gasteiger partial charge in [0, 0.05) is 12.6 Å². The quantitative estimate of drug-likeness (QED) is 0.491. The van der Waals surface area contributed by atoms with Crippen LogP contribution in [0.15, 0.2) is 50.7 Å². The number of hydrogen-bond acceptors (Lipinski definition) is 5. The molecule has 0 aliphatic carbocycles. The predicted octanol–water partition coefficient (Wildman–Crippen LogP) is 3.57. The van der Waals surface area contributed by atoms with Gasteiger partial charge in [0.05, 0.1) is 0 Å². The average molecular weight is 378 g/mol. The van der Waals surface area contributed by atoms with Crippen molar-refractivity contribution in [2.24, 2.45) is 11.1 Å². The van der Waals surface area contributed by atoms with Crippen LogP contribution in [0.3, 0.4) is 0 Å². The fourth-order valence-electron chi connectivity index (χ4n) is 3.06. The molecule has 1 aromatic carbocycles. The van der Waals surface area contributed by atoms with Crippen LogP contribution in [0.4, 0.5) is 0 Å². The standard InChI is InChI=1S/C17H20BrN3O2/c18-17-11-16(23-20-17)15(19-22)12-21-8-6-14(7-9-21)10-13-4-2-1-3-5-13/h1-5,11,14,22H,6-10,12H2/b19-15-. The normalized spacial score (nSPS) is 17.5. The maximum Gasteiger partial charge on any atom is 0.186 e. The van der Waals surface area contributed by atoms with Crippen molar-refractivity contribution in [1.82, 2.24) is 10.1 Å². The molecule has 122 valence electrons. The maximum absolute atomic E-state index is 9.22. The third-order valence-corrected chi connectivity index (χ3v) is 4.71. The molecular formula is C17H20BrN3O2. The monoisotopic (exact) mass is 377 g/mol. The van der Waals surface area contributed by atoms with E-state index >= 15 is 0 Å². The second-order valence-corrected chi connectivity index (χ2v) is 6.78. The summed E-state index contributed by atoms with van der Waals surface area (Å²) in [6, 6.07) is 12.4. The molecule has 1 aromatic heterocycles. The number of aromatic nitrogens is 1. The Labute approximate surface area is 144 Å². The molecule has 1 fully saturated rings. The summed E-state index contributed by atoms with van der Waals surface area (Å²) in [5.41, 5.74) is 1.93. The highest BCUT2D eigenvalue weighted by molar-refractivity contribution is 9.10. The van der Waals surface area contributed by atoms with Gasteiger partial charge in [0.1, 0.15) is 10.3 Å². The molecule has 1 saturated heterocycles. The third kappa shape index (κ3) is 4.42. The first kappa shape index (κ1) is 16.2. The summed E-state index contributed by atoms with van der Waals surface area (Å²) < 4.78 is 5.75. The molecule has 0 radical (unpaired) electrons. The zero-order valence-electron chi connectivity index (χ0n) is 12.9. The molecule has 5 nitrogen and oxygen atoms in total. The molecule has 0 spiro atoms. The van der Waals surface area contributed by atoms with Crippen molar-refractivity contribution in [3.8, 4) is 0 Å². The lowest BCUT2D eigenvalue weighted by atomic mass is 9.90. The Bertz CT molecular complexity index is 649. The van der Waals surface area contributed by atoms with Gasteiger partial charge in [0.15, 0.2) is 5.76 Å². The van der Waals surface area contributed by atoms with E-state index in [4.69, 9.17) is 4.52 Å². The average Bonchev–Trinajstić information content (AvgIpc) is 3.01. The minimum atomic E-state index is 0.505. The van der Waals surface area contributed by atoms with Crippen molar-refractivity contribution in [3.05, 3.63) is 52.3 Å². The van der Waals surface area contributed by atoms with E-state index in [0.29, 0.717) is 22.6 Å². The number of halogens is 1. The Morgan fingerprint density at radius 2 is 2.04 bits per heavy atom. The largest absolute Gasteiger partial charge is 0.410 e. The van der Waals surface area contributed by atoms with Crippen LogP contribution >= 0.6 is 15.9 Å². The number of piperidine rings is 1. The number of benzene rings is 1. The van der Waals surface area contributed by atoms with Gasteiger partial charge in [-0.3, -0.25) is 4.90 Å². The van der Waals surface area contributed by atoms with Crippen LogP contribution in [-0.2, 0) is 6.42 Å². The molecular weight excluding hydrogens is 358 g/mol. The molecule has 1 aliphatic rings. The van der Waals surface area contributed by atoms with Gasteiger partial charge in [-0.05, 0) is 59.8 Å². The molecule has 1 N–H and O–H groups in total. The summed E-state index contributed by atoms with van der Waals surface area (Å²) in [5, 5.41) is 16.4. The van der Waals surface area contributed by atoms with Crippen molar-refractivity contribution in [3.63, 3.8) is 0 Å². The van der Waals surface area contributed by atoms with Gasteiger partial charge in [-0.2, -0.15) is 0 Å². The molecule has 0 bridgehead atoms. The second kappa shape index (κ2) is 7.75. The number of likely N-dealkylation sites (tertiary alicyclic amines) is 1. The molecule has 3 rings (SSSR count). The van der Waals surface area contributed by atoms with Crippen molar-refractivity contribution in [2.75, 3.05) is 19.6 Å². The predicted molar refractivity (Wildman–Crippen MR) is 91.8 cm³/mol. The summed E-state index contributed by atoms with van der Waals surface area (Å²) in [6.45, 7) is 2.59. The van der Waals surface area contributed by atoms with Crippen LogP contribution in [0.2, 0.25) is 0 Å². The Balaban J connectivity index is 1.51. The first-order valence-electron chi connectivity index (χ1n) is 7.84. The summed E-state index contributed by atoms with van der Waals surface area (Å²) in [4.78, 5) is 2.30. The zero-order chi connectivity index (χ0) is 16.1. The van der Waals surface area contributed by atoms with E-state index in [-0.39, 0.29) is 0 Å². The first-order chi connectivity index (χ1) is 11.2. The van der Waals surface area contributed by atoms with Crippen LogP contribution in [-0.4, -0.2) is 40.6 Å². The lowest BCUT2D eigenvalue weighted by Crippen LogP contribution is -2.38. The zero-order valence-corrected chi connectivity index (χ0v) is 14.4. The van der Waals surface area contributed by atoms with E-state index in [0.717, 1.165) is 38.3 Å². The van der Waals surface area contributed by atoms with Gasteiger partial charge in [0.25, 0.3) is 0 Å². The van der Waals surface area contributed by atoms with Crippen molar-refractivity contribution in [2.45, 2.75) is 19.3 Å². The minimum Gasteiger partial charge on any atom is -0.410 e. The van der Waals surface area contributed by atoms with E-state index in [1.54, 1.807) is 6.07 Å². The van der Waals surface area contributed by atoms with Crippen LogP contribution in [0.25, 0.3) is 0 Å². The molecule has 2 aromatic rings. The Morgan fingerprint density at radius 1 is 1.30 bits per heavy atom. The van der Waals surface area contributed by atoms with Crippen LogP contribution in [0, 0.1) is 5.92 Å². The lowest BCUT2D eigenvalue weighted by molar-refractivity contribution is 0.202. The summed E-state index contributed by atoms with van der Waals surface area (Å²) in [5.74, 6) is 1.23. The number of nitrogens with zero attached hydrogens (tertiary/aromatic N) is 3. The molecule has 1 aliphatic heterocycles. The van der Waals surface area contributed by atoms with Crippen molar-refractivity contribution in [1.29, 1.82) is 0 Å². The summed E-state index contributed by atoms with van der Waals surface area (Å²) in [6.07, 6.45) is 3.46. The van der Waals surface area contributed by atoms with Crippen LogP contribution in [0.1, 0.15) is 24.2 Å². The van der Waals surface area contributed by atoms with Gasteiger partial charge in [-0.25, -0.2) is 0 Å². The topological polar surface area (TPSA) is 61.9 Å². The van der Waals surface area contributed by atoms with Gasteiger partial charge in [-0.1, -0.05) is 40.6 Å². The van der Waals surface area contributed by atoms with Gasteiger partial charge >= 0.3 is 0 Å². The molecule has 0 unspecified atom stereocenters. The number of oxime groups is 1. The highest BCUT2D eigenvalue weighted by Gasteiger charge is 2.22. The van der Waals surface area contributed by atoms with E-state index in [9.17, 15) is 5.21 Å². The van der Waals surface area contributed by atoms with E-state index in [1.807, 2.05) is 0 Å². The van der Waals surface area contributed by atoms with E-state index in [2.05, 4.69) is 61.5 Å². The third-order valence-electron chi connectivity index (χ3n) is 4.33. The van der Waals surface area contributed by atoms with Crippen molar-refractivity contribution >= 4 is 21.6 Å². The lowest BCUT2D eigenvalue weighted by Gasteiger charge is -2.31. The van der Waals surface area contributed by atoms with Crippen LogP contribution < -0.4 is 0 Å². The highest BCUT2D eigenvalue weighted by Crippen LogP contribution is 2.22. The van der Waals surface area contributed by atoms with Gasteiger partial charge in [-0.15, -0.1) is 0 Å². The fourth-order valence-corrected chi connectivity index (χ4v) is 3.34. The minimum absolute atomic E-state index is 0.505. The molecule has 0 saturated carbocycles. The van der Waals surface area contributed by atoms with Crippen LogP contribution in [0.5, 0.6) is 0 Å². The molecule has 23 heavy (non-hydrogen) atoms. The van der Waals surface area contributed by atoms with Gasteiger partial charge in [0.2, 0.25) is 0 Å². The van der Waals surface area contributed by atoms with Crippen molar-refractivity contribution < 1.29 is 9.73 Å². The molecule has 2 heterocycles. The number of hydrogen-bond donors (Lipinski definition) is 1. The fraction of sp³-hybridized carbons (Fsp3) is 0.412. The Hall–Kier alpha value is -1.66. The first-order valence-corrected chi connectivity index (χ1v) is 8.63. The highest BCUT2D eigenvalue weighted by atomic mass is 79.9. The maximum atomic E-state index is 9.22. The Kier molecular flexibility index (Phi) is 5.46. The number of rotatable bonds is 5. The summed E-state index contributed by atoms with van der Waals surface area (Å²) in [7, 11) is 0. The smallest absolute Gasteiger partial charge is 0.186 e. The second-order valence-electron chi connectivity index (χ2n) is 5.97. The van der Waals surface area contributed by atoms with E-state index < -0.39 is 0 Å². The van der Waals surface area contributed by atoms with Gasteiger partial charge < -0.3 is 9.73 Å². The molecule has 6 heteroatoms. The molecule has 0 atom stereocenters. The summed E-state index contributed by atoms with van der Waals surface area (Å²) >= 11 is 3.24. The Morgan fingerprint density at radius 3 is 2.65 bits per heavy atom. The molecule has 0 amide bonds. The SMILES string of the molecule is O/N=C(/CN1CCC(Cc2ccccc2)CC1)c1cc(Br)no1. The van der Waals surface area contributed by atoms with E-state index in [1.165, 1.54) is 5.56 Å².